The molecule has 7 nitrogen and oxygen atoms in total. The topological polar surface area (TPSA) is 54.8 Å². The lowest BCUT2D eigenvalue weighted by Gasteiger charge is -2.43. The molecule has 0 radical (unpaired) electrons. The smallest absolute Gasteiger partial charge is 0.236 e. The average Bonchev–Trinajstić information content (AvgIpc) is 2.79. The van der Waals surface area contributed by atoms with Crippen LogP contribution < -0.4 is 0 Å². The van der Waals surface area contributed by atoms with Crippen LogP contribution in [0.4, 0.5) is 0 Å². The van der Waals surface area contributed by atoms with Gasteiger partial charge in [-0.3, -0.25) is 24.6 Å². The highest BCUT2D eigenvalue weighted by atomic mass is 16.2. The van der Waals surface area contributed by atoms with Crippen molar-refractivity contribution in [3.63, 3.8) is 0 Å². The van der Waals surface area contributed by atoms with Gasteiger partial charge < -0.3 is 9.80 Å². The summed E-state index contributed by atoms with van der Waals surface area (Å²) in [5, 5.41) is 0. The molecule has 184 valence electrons. The summed E-state index contributed by atoms with van der Waals surface area (Å²) in [6, 6.07) is 5.39. The third-order valence-electron chi connectivity index (χ3n) is 8.18. The Morgan fingerprint density at radius 2 is 1.62 bits per heavy atom. The van der Waals surface area contributed by atoms with Crippen LogP contribution in [0.25, 0.3) is 0 Å². The highest BCUT2D eigenvalue weighted by Crippen LogP contribution is 2.28. The van der Waals surface area contributed by atoms with E-state index in [9.17, 15) is 4.79 Å². The van der Waals surface area contributed by atoms with Crippen LogP contribution in [0.1, 0.15) is 47.6 Å². The molecule has 3 fully saturated rings. The predicted molar refractivity (Wildman–Crippen MR) is 138 cm³/mol. The van der Waals surface area contributed by atoms with E-state index in [4.69, 9.17) is 9.98 Å². The van der Waals surface area contributed by atoms with Crippen molar-refractivity contribution in [2.75, 3.05) is 65.4 Å². The SMILES string of the molecule is Cc1cc(C)c(C2CN=C(N3CCN(CC(=O)N4CCN(C5CCC5)CC4)CC3)C=N2)c(C)c1. The highest BCUT2D eigenvalue weighted by Gasteiger charge is 2.30. The number of aryl methyl sites for hydroxylation is 3. The first-order valence-corrected chi connectivity index (χ1v) is 13.1. The Morgan fingerprint density at radius 1 is 0.941 bits per heavy atom. The number of rotatable bonds is 4. The van der Waals surface area contributed by atoms with Gasteiger partial charge in [0.2, 0.25) is 5.91 Å². The molecule has 1 aromatic rings. The standard InChI is InChI=1S/C27H40N6O/c1-20-15-21(2)27(22(3)16-20)24-17-29-25(18-28-24)32-9-7-30(8-10-32)19-26(34)33-13-11-31(12-14-33)23-5-4-6-23/h15-16,18,23-24H,4-14,17,19H2,1-3H3. The number of aliphatic imine (C=N–C) groups is 2. The zero-order valence-electron chi connectivity index (χ0n) is 21.2. The molecule has 3 aliphatic heterocycles. The maximum Gasteiger partial charge on any atom is 0.236 e. The molecular weight excluding hydrogens is 424 g/mol. The largest absolute Gasteiger partial charge is 0.353 e. The van der Waals surface area contributed by atoms with E-state index < -0.39 is 0 Å². The lowest BCUT2D eigenvalue weighted by atomic mass is 9.91. The molecule has 7 heteroatoms. The van der Waals surface area contributed by atoms with E-state index in [2.05, 4.69) is 52.5 Å². The Balaban J connectivity index is 1.07. The van der Waals surface area contributed by atoms with Crippen LogP contribution in [-0.4, -0.2) is 109 Å². The first kappa shape index (κ1) is 23.5. The molecule has 1 aliphatic carbocycles. The monoisotopic (exact) mass is 464 g/mol. The van der Waals surface area contributed by atoms with Gasteiger partial charge in [0, 0.05) is 58.4 Å². The molecule has 1 aromatic carbocycles. The second-order valence-corrected chi connectivity index (χ2v) is 10.6. The number of piperazine rings is 2. The van der Waals surface area contributed by atoms with Crippen LogP contribution in [0.2, 0.25) is 0 Å². The van der Waals surface area contributed by atoms with Crippen LogP contribution in [0, 0.1) is 20.8 Å². The first-order valence-electron chi connectivity index (χ1n) is 13.1. The van der Waals surface area contributed by atoms with Gasteiger partial charge in [0.1, 0.15) is 5.84 Å². The van der Waals surface area contributed by atoms with E-state index in [1.54, 1.807) is 0 Å². The summed E-state index contributed by atoms with van der Waals surface area (Å²) in [7, 11) is 0. The van der Waals surface area contributed by atoms with E-state index in [1.165, 1.54) is 41.5 Å². The normalized spacial score (nSPS) is 24.8. The number of nitrogens with zero attached hydrogens (tertiary/aromatic N) is 6. The third-order valence-corrected chi connectivity index (χ3v) is 8.18. The number of benzene rings is 1. The molecule has 5 rings (SSSR count). The zero-order chi connectivity index (χ0) is 23.7. The highest BCUT2D eigenvalue weighted by molar-refractivity contribution is 6.29. The van der Waals surface area contributed by atoms with Crippen molar-refractivity contribution in [3.8, 4) is 0 Å². The minimum atomic E-state index is 0.119. The Hall–Kier alpha value is -2.25. The van der Waals surface area contributed by atoms with Gasteiger partial charge in [-0.05, 0) is 50.3 Å². The van der Waals surface area contributed by atoms with Crippen molar-refractivity contribution in [1.29, 1.82) is 0 Å². The molecule has 1 unspecified atom stereocenters. The first-order chi connectivity index (χ1) is 16.5. The lowest BCUT2D eigenvalue weighted by Crippen LogP contribution is -2.56. The maximum absolute atomic E-state index is 12.9. The number of hydrogen-bond acceptors (Lipinski definition) is 6. The van der Waals surface area contributed by atoms with Gasteiger partial charge in [0.15, 0.2) is 0 Å². The maximum atomic E-state index is 12.9. The van der Waals surface area contributed by atoms with Crippen molar-refractivity contribution in [2.24, 2.45) is 9.98 Å². The molecule has 1 amide bonds. The molecule has 34 heavy (non-hydrogen) atoms. The van der Waals surface area contributed by atoms with E-state index >= 15 is 0 Å². The molecule has 3 heterocycles. The number of carbonyl (C=O) groups excluding carboxylic acids is 1. The average molecular weight is 465 g/mol. The number of hydrogen-bond donors (Lipinski definition) is 0. The molecular formula is C27H40N6O. The van der Waals surface area contributed by atoms with Crippen LogP contribution in [-0.2, 0) is 4.79 Å². The Morgan fingerprint density at radius 3 is 2.18 bits per heavy atom. The van der Waals surface area contributed by atoms with Crippen molar-refractivity contribution >= 4 is 18.0 Å². The number of carbonyl (C=O) groups is 1. The van der Waals surface area contributed by atoms with E-state index in [0.29, 0.717) is 19.0 Å². The van der Waals surface area contributed by atoms with Gasteiger partial charge in [-0.15, -0.1) is 0 Å². The predicted octanol–water partition coefficient (Wildman–Crippen LogP) is 2.45. The summed E-state index contributed by atoms with van der Waals surface area (Å²) in [5.41, 5.74) is 5.23. The summed E-state index contributed by atoms with van der Waals surface area (Å²) in [6.45, 7) is 15.3. The van der Waals surface area contributed by atoms with Crippen molar-refractivity contribution in [2.45, 2.75) is 52.1 Å². The third kappa shape index (κ3) is 5.05. The minimum absolute atomic E-state index is 0.119. The summed E-state index contributed by atoms with van der Waals surface area (Å²) in [4.78, 5) is 32.0. The van der Waals surface area contributed by atoms with Gasteiger partial charge in [0.05, 0.1) is 25.3 Å². The van der Waals surface area contributed by atoms with Crippen LogP contribution in [0.5, 0.6) is 0 Å². The molecule has 0 aromatic heterocycles. The lowest BCUT2D eigenvalue weighted by molar-refractivity contribution is -0.135. The molecule has 0 spiro atoms. The summed E-state index contributed by atoms with van der Waals surface area (Å²) in [5.74, 6) is 1.29. The van der Waals surface area contributed by atoms with Gasteiger partial charge >= 0.3 is 0 Å². The number of amides is 1. The number of amidine groups is 1. The van der Waals surface area contributed by atoms with Crippen LogP contribution >= 0.6 is 0 Å². The fraction of sp³-hybridized carbons (Fsp3) is 0.667. The van der Waals surface area contributed by atoms with E-state index in [1.807, 2.05) is 6.21 Å². The van der Waals surface area contributed by atoms with Gasteiger partial charge in [-0.25, -0.2) is 0 Å². The van der Waals surface area contributed by atoms with Crippen LogP contribution in [0.3, 0.4) is 0 Å². The zero-order valence-corrected chi connectivity index (χ0v) is 21.2. The quantitative estimate of drug-likeness (QED) is 0.687. The Kier molecular flexibility index (Phi) is 7.02. The molecule has 1 saturated carbocycles. The second kappa shape index (κ2) is 10.2. The summed E-state index contributed by atoms with van der Waals surface area (Å²) < 4.78 is 0. The van der Waals surface area contributed by atoms with Crippen molar-refractivity contribution < 1.29 is 4.79 Å². The second-order valence-electron chi connectivity index (χ2n) is 10.6. The molecule has 0 bridgehead atoms. The van der Waals surface area contributed by atoms with Gasteiger partial charge in [-0.2, -0.15) is 0 Å². The van der Waals surface area contributed by atoms with E-state index in [0.717, 1.165) is 64.2 Å². The van der Waals surface area contributed by atoms with E-state index in [-0.39, 0.29) is 6.04 Å². The Labute approximate surface area is 204 Å². The van der Waals surface area contributed by atoms with Gasteiger partial charge in [-0.1, -0.05) is 24.1 Å². The molecule has 4 aliphatic rings. The minimum Gasteiger partial charge on any atom is -0.353 e. The van der Waals surface area contributed by atoms with Crippen molar-refractivity contribution in [3.05, 3.63) is 34.4 Å². The Bertz CT molecular complexity index is 929. The summed E-state index contributed by atoms with van der Waals surface area (Å²) >= 11 is 0. The van der Waals surface area contributed by atoms with Crippen molar-refractivity contribution in [1.82, 2.24) is 19.6 Å². The van der Waals surface area contributed by atoms with Crippen LogP contribution in [0.15, 0.2) is 22.1 Å². The molecule has 2 saturated heterocycles. The summed E-state index contributed by atoms with van der Waals surface area (Å²) in [6.07, 6.45) is 6.04. The van der Waals surface area contributed by atoms with Gasteiger partial charge in [0.25, 0.3) is 0 Å². The fourth-order valence-corrected chi connectivity index (χ4v) is 6.00. The molecule has 0 N–H and O–H groups in total. The fourth-order valence-electron chi connectivity index (χ4n) is 6.00. The molecule has 1 atom stereocenters.